The number of piperidine rings is 1. The normalized spacial score (nSPS) is 33.1. The van der Waals surface area contributed by atoms with Crippen molar-refractivity contribution < 1.29 is 14.6 Å². The number of fused-ring (bicyclic) bond motifs is 2. The van der Waals surface area contributed by atoms with E-state index in [9.17, 15) is 9.90 Å². The van der Waals surface area contributed by atoms with Gasteiger partial charge in [0.25, 0.3) is 0 Å². The van der Waals surface area contributed by atoms with Crippen LogP contribution >= 0.6 is 0 Å². The summed E-state index contributed by atoms with van der Waals surface area (Å²) in [5.41, 5.74) is 5.30. The second kappa shape index (κ2) is 5.12. The maximum atomic E-state index is 11.9. The molecule has 2 aliphatic rings. The maximum absolute atomic E-state index is 11.9. The van der Waals surface area contributed by atoms with E-state index in [4.69, 9.17) is 10.5 Å². The van der Waals surface area contributed by atoms with Gasteiger partial charge in [0.1, 0.15) is 6.61 Å². The summed E-state index contributed by atoms with van der Waals surface area (Å²) in [5.74, 6) is 0.0489. The second-order valence-corrected chi connectivity index (χ2v) is 4.65. The Kier molecular flexibility index (Phi) is 3.78. The fourth-order valence-electron chi connectivity index (χ4n) is 2.87. The lowest BCUT2D eigenvalue weighted by Crippen LogP contribution is -2.49. The molecule has 92 valence electrons. The van der Waals surface area contributed by atoms with Crippen molar-refractivity contribution in [2.45, 2.75) is 43.9 Å². The standard InChI is InChI=1S/C11H20N2O3/c12-3-4-16-7-11(15)13-8-1-2-9(13)6-10(14)5-8/h8-10,14H,1-7,12H2. The number of nitrogens with zero attached hydrogens (tertiary/aromatic N) is 1. The molecule has 2 saturated heterocycles. The van der Waals surface area contributed by atoms with Crippen LogP contribution in [0, 0.1) is 0 Å². The van der Waals surface area contributed by atoms with E-state index in [-0.39, 0.29) is 30.7 Å². The highest BCUT2D eigenvalue weighted by Crippen LogP contribution is 2.35. The van der Waals surface area contributed by atoms with Crippen LogP contribution in [0.3, 0.4) is 0 Å². The van der Waals surface area contributed by atoms with Gasteiger partial charge in [0.15, 0.2) is 0 Å². The van der Waals surface area contributed by atoms with Gasteiger partial charge in [-0.15, -0.1) is 0 Å². The smallest absolute Gasteiger partial charge is 0.249 e. The van der Waals surface area contributed by atoms with Gasteiger partial charge in [0.2, 0.25) is 5.91 Å². The van der Waals surface area contributed by atoms with Gasteiger partial charge in [0.05, 0.1) is 12.7 Å². The number of amides is 1. The number of aliphatic hydroxyl groups excluding tert-OH is 1. The van der Waals surface area contributed by atoms with E-state index in [1.54, 1.807) is 0 Å². The van der Waals surface area contributed by atoms with Gasteiger partial charge >= 0.3 is 0 Å². The third kappa shape index (κ3) is 2.36. The van der Waals surface area contributed by atoms with Crippen LogP contribution in [0.5, 0.6) is 0 Å². The minimum Gasteiger partial charge on any atom is -0.393 e. The Morgan fingerprint density at radius 2 is 2.00 bits per heavy atom. The van der Waals surface area contributed by atoms with Crippen LogP contribution in [0.15, 0.2) is 0 Å². The van der Waals surface area contributed by atoms with Crippen molar-refractivity contribution in [2.75, 3.05) is 19.8 Å². The van der Waals surface area contributed by atoms with E-state index < -0.39 is 0 Å². The maximum Gasteiger partial charge on any atom is 0.249 e. The molecule has 16 heavy (non-hydrogen) atoms. The predicted molar refractivity (Wildman–Crippen MR) is 58.8 cm³/mol. The molecule has 1 amide bonds. The molecule has 0 aromatic rings. The van der Waals surface area contributed by atoms with E-state index in [1.165, 1.54) is 0 Å². The van der Waals surface area contributed by atoms with Crippen LogP contribution in [0.25, 0.3) is 0 Å². The van der Waals surface area contributed by atoms with E-state index in [2.05, 4.69) is 0 Å². The summed E-state index contributed by atoms with van der Waals surface area (Å²) in [4.78, 5) is 13.8. The van der Waals surface area contributed by atoms with Crippen LogP contribution in [-0.2, 0) is 9.53 Å². The zero-order valence-electron chi connectivity index (χ0n) is 9.47. The van der Waals surface area contributed by atoms with Gasteiger partial charge in [0, 0.05) is 18.6 Å². The summed E-state index contributed by atoms with van der Waals surface area (Å²) < 4.78 is 5.17. The molecule has 5 heteroatoms. The molecule has 2 aliphatic heterocycles. The molecule has 0 radical (unpaired) electrons. The van der Waals surface area contributed by atoms with Crippen LogP contribution in [0.4, 0.5) is 0 Å². The summed E-state index contributed by atoms with van der Waals surface area (Å²) in [6, 6.07) is 0.449. The van der Waals surface area contributed by atoms with Crippen molar-refractivity contribution in [2.24, 2.45) is 5.73 Å². The van der Waals surface area contributed by atoms with E-state index in [1.807, 2.05) is 4.90 Å². The molecule has 2 atom stereocenters. The average Bonchev–Trinajstić information content (AvgIpc) is 2.52. The quantitative estimate of drug-likeness (QED) is 0.635. The molecule has 2 fully saturated rings. The molecule has 0 aliphatic carbocycles. The van der Waals surface area contributed by atoms with Crippen molar-refractivity contribution >= 4 is 5.91 Å². The summed E-state index contributed by atoms with van der Waals surface area (Å²) in [6.07, 6.45) is 3.25. The van der Waals surface area contributed by atoms with Crippen molar-refractivity contribution in [1.29, 1.82) is 0 Å². The lowest BCUT2D eigenvalue weighted by Gasteiger charge is -2.37. The zero-order valence-corrected chi connectivity index (χ0v) is 9.47. The van der Waals surface area contributed by atoms with E-state index in [0.29, 0.717) is 13.2 Å². The molecule has 0 saturated carbocycles. The molecule has 5 nitrogen and oxygen atoms in total. The Morgan fingerprint density at radius 3 is 2.56 bits per heavy atom. The minimum absolute atomic E-state index is 0.0489. The summed E-state index contributed by atoms with van der Waals surface area (Å²) in [6.45, 7) is 0.997. The molecule has 2 rings (SSSR count). The lowest BCUT2D eigenvalue weighted by atomic mass is 10.00. The largest absolute Gasteiger partial charge is 0.393 e. The lowest BCUT2D eigenvalue weighted by molar-refractivity contribution is -0.142. The van der Waals surface area contributed by atoms with Crippen LogP contribution in [0.1, 0.15) is 25.7 Å². The number of ether oxygens (including phenoxy) is 1. The van der Waals surface area contributed by atoms with E-state index >= 15 is 0 Å². The number of hydrogen-bond acceptors (Lipinski definition) is 4. The predicted octanol–water partition coefficient (Wildman–Crippen LogP) is -0.524. The molecule has 2 heterocycles. The number of hydrogen-bond donors (Lipinski definition) is 2. The molecule has 2 bridgehead atoms. The van der Waals surface area contributed by atoms with Gasteiger partial charge in [-0.05, 0) is 25.7 Å². The fraction of sp³-hybridized carbons (Fsp3) is 0.909. The Hall–Kier alpha value is -0.650. The first-order valence-corrected chi connectivity index (χ1v) is 5.99. The number of rotatable bonds is 4. The van der Waals surface area contributed by atoms with Crippen molar-refractivity contribution in [1.82, 2.24) is 4.90 Å². The van der Waals surface area contributed by atoms with Gasteiger partial charge in [-0.1, -0.05) is 0 Å². The van der Waals surface area contributed by atoms with Crippen LogP contribution < -0.4 is 5.73 Å². The third-order valence-corrected chi connectivity index (χ3v) is 3.48. The average molecular weight is 228 g/mol. The van der Waals surface area contributed by atoms with Crippen LogP contribution in [0.2, 0.25) is 0 Å². The number of aliphatic hydroxyl groups is 1. The molecule has 3 N–H and O–H groups in total. The minimum atomic E-state index is -0.230. The zero-order chi connectivity index (χ0) is 11.5. The summed E-state index contributed by atoms with van der Waals surface area (Å²) in [5, 5.41) is 9.62. The monoisotopic (exact) mass is 228 g/mol. The van der Waals surface area contributed by atoms with E-state index in [0.717, 1.165) is 25.7 Å². The SMILES string of the molecule is NCCOCC(=O)N1C2CCC1CC(O)C2. The Balaban J connectivity index is 1.87. The Morgan fingerprint density at radius 1 is 1.38 bits per heavy atom. The van der Waals surface area contributed by atoms with Gasteiger partial charge in [-0.2, -0.15) is 0 Å². The van der Waals surface area contributed by atoms with Crippen LogP contribution in [-0.4, -0.2) is 53.9 Å². The number of carbonyl (C=O) groups excluding carboxylic acids is 1. The van der Waals surface area contributed by atoms with Gasteiger partial charge < -0.3 is 20.5 Å². The second-order valence-electron chi connectivity index (χ2n) is 4.65. The highest BCUT2D eigenvalue weighted by atomic mass is 16.5. The fourth-order valence-corrected chi connectivity index (χ4v) is 2.87. The van der Waals surface area contributed by atoms with Crippen molar-refractivity contribution in [3.8, 4) is 0 Å². The molecule has 0 spiro atoms. The van der Waals surface area contributed by atoms with Gasteiger partial charge in [-0.25, -0.2) is 0 Å². The molecule has 0 aromatic carbocycles. The first-order chi connectivity index (χ1) is 7.72. The molecule has 2 unspecified atom stereocenters. The Bertz CT molecular complexity index is 246. The summed E-state index contributed by atoms with van der Waals surface area (Å²) >= 11 is 0. The highest BCUT2D eigenvalue weighted by molar-refractivity contribution is 5.78. The number of carbonyl (C=O) groups is 1. The topological polar surface area (TPSA) is 75.8 Å². The van der Waals surface area contributed by atoms with Crippen molar-refractivity contribution in [3.05, 3.63) is 0 Å². The molecular weight excluding hydrogens is 208 g/mol. The molecule has 0 aromatic heterocycles. The number of nitrogens with two attached hydrogens (primary N) is 1. The Labute approximate surface area is 95.5 Å². The summed E-state index contributed by atoms with van der Waals surface area (Å²) in [7, 11) is 0. The first-order valence-electron chi connectivity index (χ1n) is 5.99. The van der Waals surface area contributed by atoms with Crippen molar-refractivity contribution in [3.63, 3.8) is 0 Å². The third-order valence-electron chi connectivity index (χ3n) is 3.48. The highest BCUT2D eigenvalue weighted by Gasteiger charge is 2.42. The molecular formula is C11H20N2O3. The van der Waals surface area contributed by atoms with Gasteiger partial charge in [-0.3, -0.25) is 4.79 Å². The first kappa shape index (κ1) is 11.8.